The predicted octanol–water partition coefficient (Wildman–Crippen LogP) is 3.03. The van der Waals surface area contributed by atoms with E-state index in [1.807, 2.05) is 0 Å². The third-order valence-corrected chi connectivity index (χ3v) is 5.20. The maximum absolute atomic E-state index is 11.7. The molecule has 0 bridgehead atoms. The van der Waals surface area contributed by atoms with Gasteiger partial charge >= 0.3 is 5.97 Å². The van der Waals surface area contributed by atoms with Gasteiger partial charge in [-0.05, 0) is 18.5 Å². The molecule has 0 amide bonds. The predicted molar refractivity (Wildman–Crippen MR) is 91.6 cm³/mol. The largest absolute Gasteiger partial charge is 0.466 e. The number of esters is 1. The molecule has 0 heterocycles. The molecular weight excluding hydrogens is 320 g/mol. The highest BCUT2D eigenvalue weighted by molar-refractivity contribution is 8.13. The van der Waals surface area contributed by atoms with Crippen molar-refractivity contribution in [3.63, 3.8) is 0 Å². The Bertz CT molecular complexity index is 390. The number of allylic oxidation sites excluding steroid dienone is 1. The molecule has 0 radical (unpaired) electrons. The number of hydrogen-bond donors (Lipinski definition) is 0. The van der Waals surface area contributed by atoms with Gasteiger partial charge < -0.3 is 9.47 Å². The van der Waals surface area contributed by atoms with Crippen molar-refractivity contribution >= 4 is 37.4 Å². The average molecular weight is 347 g/mol. The molecule has 0 aromatic carbocycles. The Labute approximate surface area is 137 Å². The van der Waals surface area contributed by atoms with Crippen molar-refractivity contribution in [2.75, 3.05) is 12.4 Å². The van der Waals surface area contributed by atoms with Crippen molar-refractivity contribution in [3.8, 4) is 0 Å². The monoisotopic (exact) mass is 346 g/mol. The van der Waals surface area contributed by atoms with Crippen molar-refractivity contribution in [2.45, 2.75) is 51.6 Å². The first-order valence-corrected chi connectivity index (χ1v) is 12.0. The minimum absolute atomic E-state index is 0.0147. The Morgan fingerprint density at radius 3 is 2.50 bits per heavy atom. The second-order valence-corrected chi connectivity index (χ2v) is 13.0. The van der Waals surface area contributed by atoms with E-state index in [0.717, 1.165) is 6.04 Å². The number of rotatable bonds is 11. The minimum Gasteiger partial charge on any atom is -0.466 e. The van der Waals surface area contributed by atoms with Crippen molar-refractivity contribution in [1.29, 1.82) is 0 Å². The van der Waals surface area contributed by atoms with Gasteiger partial charge in [0.25, 0.3) is 6.47 Å². The van der Waals surface area contributed by atoms with E-state index in [1.54, 1.807) is 12.2 Å². The molecule has 0 N–H and O–H groups in total. The molecule has 0 saturated heterocycles. The van der Waals surface area contributed by atoms with E-state index in [9.17, 15) is 14.4 Å². The van der Waals surface area contributed by atoms with Crippen LogP contribution in [0.2, 0.25) is 25.7 Å². The molecule has 0 aromatic heterocycles. The van der Waals surface area contributed by atoms with Crippen LogP contribution in [-0.2, 0) is 23.9 Å². The lowest BCUT2D eigenvalue weighted by Crippen LogP contribution is -2.24. The molecule has 1 unspecified atom stereocenters. The Hall–Kier alpha value is -1.08. The summed E-state index contributed by atoms with van der Waals surface area (Å²) in [5.41, 5.74) is 0. The number of carbonyl (C=O) groups is 3. The van der Waals surface area contributed by atoms with Gasteiger partial charge in [0.2, 0.25) is 0 Å². The third kappa shape index (κ3) is 13.9. The molecule has 0 spiro atoms. The van der Waals surface area contributed by atoms with Gasteiger partial charge in [-0.3, -0.25) is 14.4 Å². The summed E-state index contributed by atoms with van der Waals surface area (Å²) >= 11 is 1.24. The van der Waals surface area contributed by atoms with Crippen LogP contribution in [0.15, 0.2) is 12.2 Å². The van der Waals surface area contributed by atoms with E-state index < -0.39 is 14.2 Å². The summed E-state index contributed by atoms with van der Waals surface area (Å²) in [6, 6.07) is 0.913. The molecule has 126 valence electrons. The van der Waals surface area contributed by atoms with Crippen LogP contribution in [0.25, 0.3) is 0 Å². The zero-order valence-corrected chi connectivity index (χ0v) is 15.6. The molecule has 7 heteroatoms. The van der Waals surface area contributed by atoms with E-state index >= 15 is 0 Å². The van der Waals surface area contributed by atoms with Gasteiger partial charge in [0.1, 0.15) is 6.10 Å². The molecular formula is C15H26O5SSi. The fraction of sp³-hybridized carbons (Fsp3) is 0.667. The molecule has 0 aliphatic carbocycles. The highest BCUT2D eigenvalue weighted by atomic mass is 32.2. The molecule has 0 aliphatic heterocycles. The molecule has 0 rings (SSSR count). The zero-order valence-electron chi connectivity index (χ0n) is 13.8. The Morgan fingerprint density at radius 1 is 1.27 bits per heavy atom. The van der Waals surface area contributed by atoms with Crippen molar-refractivity contribution in [2.24, 2.45) is 0 Å². The summed E-state index contributed by atoms with van der Waals surface area (Å²) < 4.78 is 10.0. The standard InChI is InChI=1S/C15H26O5SSi/c1-13(17)21-9-6-5-7-14(20-12-16)11-15(18)19-8-10-22(2,3)4/h5,7,12,14H,6,8-11H2,1-4H3. The van der Waals surface area contributed by atoms with Crippen LogP contribution in [-0.4, -0.2) is 44.1 Å². The van der Waals surface area contributed by atoms with Crippen molar-refractivity contribution in [3.05, 3.63) is 12.2 Å². The van der Waals surface area contributed by atoms with Gasteiger partial charge in [-0.15, -0.1) is 0 Å². The summed E-state index contributed by atoms with van der Waals surface area (Å²) in [4.78, 5) is 32.9. The molecule has 0 fully saturated rings. The quantitative estimate of drug-likeness (QED) is 0.188. The normalized spacial score (nSPS) is 12.9. The first kappa shape index (κ1) is 20.9. The molecule has 5 nitrogen and oxygen atoms in total. The fourth-order valence-corrected chi connectivity index (χ4v) is 2.70. The van der Waals surface area contributed by atoms with Gasteiger partial charge in [-0.25, -0.2) is 0 Å². The smallest absolute Gasteiger partial charge is 0.309 e. The van der Waals surface area contributed by atoms with E-state index in [2.05, 4.69) is 19.6 Å². The SMILES string of the molecule is CC(=O)SCCC=CC(CC(=O)OCC[Si](C)(C)C)OC=O. The Balaban J connectivity index is 4.10. The summed E-state index contributed by atoms with van der Waals surface area (Å²) in [6.07, 6.45) is 3.54. The lowest BCUT2D eigenvalue weighted by molar-refractivity contribution is -0.147. The highest BCUT2D eigenvalue weighted by Crippen LogP contribution is 2.10. The van der Waals surface area contributed by atoms with Crippen LogP contribution in [0, 0.1) is 0 Å². The molecule has 0 aliphatic rings. The third-order valence-electron chi connectivity index (χ3n) is 2.65. The first-order chi connectivity index (χ1) is 10.2. The van der Waals surface area contributed by atoms with Crippen LogP contribution >= 0.6 is 11.8 Å². The summed E-state index contributed by atoms with van der Waals surface area (Å²) in [5, 5.41) is 0.0695. The van der Waals surface area contributed by atoms with E-state index in [0.29, 0.717) is 25.3 Å². The van der Waals surface area contributed by atoms with Crippen LogP contribution in [0.3, 0.4) is 0 Å². The van der Waals surface area contributed by atoms with Gasteiger partial charge in [0, 0.05) is 20.8 Å². The van der Waals surface area contributed by atoms with Crippen LogP contribution in [0.1, 0.15) is 19.8 Å². The van der Waals surface area contributed by atoms with Gasteiger partial charge in [-0.2, -0.15) is 0 Å². The van der Waals surface area contributed by atoms with Crippen molar-refractivity contribution < 1.29 is 23.9 Å². The summed E-state index contributed by atoms with van der Waals surface area (Å²) in [5.74, 6) is 0.299. The van der Waals surface area contributed by atoms with E-state index in [-0.39, 0.29) is 17.5 Å². The topological polar surface area (TPSA) is 69.7 Å². The second kappa shape index (κ2) is 11.5. The van der Waals surface area contributed by atoms with Crippen LogP contribution in [0.4, 0.5) is 0 Å². The van der Waals surface area contributed by atoms with Gasteiger partial charge in [-0.1, -0.05) is 37.5 Å². The first-order valence-electron chi connectivity index (χ1n) is 7.29. The minimum atomic E-state index is -1.23. The highest BCUT2D eigenvalue weighted by Gasteiger charge is 2.16. The van der Waals surface area contributed by atoms with Crippen molar-refractivity contribution in [1.82, 2.24) is 0 Å². The zero-order chi connectivity index (χ0) is 17.0. The lowest BCUT2D eigenvalue weighted by Gasteiger charge is -2.16. The number of ether oxygens (including phenoxy) is 2. The van der Waals surface area contributed by atoms with Gasteiger partial charge in [0.05, 0.1) is 13.0 Å². The Kier molecular flexibility index (Phi) is 10.9. The van der Waals surface area contributed by atoms with Crippen LogP contribution < -0.4 is 0 Å². The molecule has 1 atom stereocenters. The molecule has 0 saturated carbocycles. The maximum atomic E-state index is 11.7. The second-order valence-electron chi connectivity index (χ2n) is 6.06. The molecule has 0 aromatic rings. The van der Waals surface area contributed by atoms with E-state index in [1.165, 1.54) is 18.7 Å². The average Bonchev–Trinajstić information content (AvgIpc) is 2.36. The molecule has 22 heavy (non-hydrogen) atoms. The maximum Gasteiger partial charge on any atom is 0.309 e. The number of carbonyl (C=O) groups excluding carboxylic acids is 3. The van der Waals surface area contributed by atoms with Crippen LogP contribution in [0.5, 0.6) is 0 Å². The van der Waals surface area contributed by atoms with E-state index in [4.69, 9.17) is 9.47 Å². The van der Waals surface area contributed by atoms with Gasteiger partial charge in [0.15, 0.2) is 5.12 Å². The number of hydrogen-bond acceptors (Lipinski definition) is 6. The fourth-order valence-electron chi connectivity index (χ4n) is 1.45. The lowest BCUT2D eigenvalue weighted by atomic mass is 10.2. The summed E-state index contributed by atoms with van der Waals surface area (Å²) in [7, 11) is -1.23. The summed E-state index contributed by atoms with van der Waals surface area (Å²) in [6.45, 7) is 8.89. The Morgan fingerprint density at radius 2 is 1.95 bits per heavy atom. The number of thioether (sulfide) groups is 1.